The molecular formula is C21H28BrNO2. The topological polar surface area (TPSA) is 41.5 Å². The van der Waals surface area contributed by atoms with Gasteiger partial charge in [0.25, 0.3) is 0 Å². The highest BCUT2D eigenvalue weighted by Crippen LogP contribution is 2.26. The molecule has 2 rings (SSSR count). The molecule has 0 aliphatic heterocycles. The predicted octanol–water partition coefficient (Wildman–Crippen LogP) is 5.05. The van der Waals surface area contributed by atoms with Crippen molar-refractivity contribution in [1.29, 1.82) is 0 Å². The van der Waals surface area contributed by atoms with Crippen LogP contribution in [0.1, 0.15) is 50.3 Å². The molecule has 0 bridgehead atoms. The van der Waals surface area contributed by atoms with Crippen LogP contribution in [-0.4, -0.2) is 24.4 Å². The number of hydrogen-bond donors (Lipinski definition) is 2. The number of rotatable bonds is 9. The Morgan fingerprint density at radius 3 is 2.40 bits per heavy atom. The second-order valence-electron chi connectivity index (χ2n) is 6.58. The predicted molar refractivity (Wildman–Crippen MR) is 107 cm³/mol. The van der Waals surface area contributed by atoms with Gasteiger partial charge in [-0.1, -0.05) is 67.0 Å². The third-order valence-corrected chi connectivity index (χ3v) is 4.78. The fraction of sp³-hybridized carbons (Fsp3) is 0.429. The molecule has 3 nitrogen and oxygen atoms in total. The molecule has 4 heteroatoms. The maximum atomic E-state index is 10.3. The fourth-order valence-electron chi connectivity index (χ4n) is 2.81. The van der Waals surface area contributed by atoms with E-state index in [1.54, 1.807) is 0 Å². The van der Waals surface area contributed by atoms with Crippen LogP contribution in [-0.2, 0) is 0 Å². The number of nitrogens with one attached hydrogen (secondary N) is 1. The molecule has 0 heterocycles. The van der Waals surface area contributed by atoms with Crippen molar-refractivity contribution < 1.29 is 9.84 Å². The summed E-state index contributed by atoms with van der Waals surface area (Å²) in [5.74, 6) is 1.25. The molecule has 136 valence electrons. The van der Waals surface area contributed by atoms with Gasteiger partial charge in [-0.2, -0.15) is 0 Å². The van der Waals surface area contributed by atoms with E-state index in [-0.39, 0.29) is 12.6 Å². The smallest absolute Gasteiger partial charge is 0.122 e. The lowest BCUT2D eigenvalue weighted by Gasteiger charge is -2.21. The van der Waals surface area contributed by atoms with Crippen molar-refractivity contribution in [3.05, 3.63) is 64.1 Å². The van der Waals surface area contributed by atoms with Crippen molar-refractivity contribution >= 4 is 15.9 Å². The average Bonchev–Trinajstić information content (AvgIpc) is 2.62. The van der Waals surface area contributed by atoms with Gasteiger partial charge in [0, 0.05) is 17.1 Å². The first-order valence-electron chi connectivity index (χ1n) is 8.89. The molecule has 0 aromatic heterocycles. The molecule has 25 heavy (non-hydrogen) atoms. The molecule has 0 radical (unpaired) electrons. The Labute approximate surface area is 159 Å². The maximum Gasteiger partial charge on any atom is 0.122 e. The van der Waals surface area contributed by atoms with Gasteiger partial charge in [0.2, 0.25) is 0 Å². The largest absolute Gasteiger partial charge is 0.491 e. The monoisotopic (exact) mass is 405 g/mol. The number of benzene rings is 2. The molecule has 2 atom stereocenters. The van der Waals surface area contributed by atoms with Gasteiger partial charge >= 0.3 is 0 Å². The van der Waals surface area contributed by atoms with E-state index in [0.717, 1.165) is 16.6 Å². The van der Waals surface area contributed by atoms with Crippen molar-refractivity contribution in [2.45, 2.75) is 45.3 Å². The van der Waals surface area contributed by atoms with Gasteiger partial charge in [0.15, 0.2) is 0 Å². The molecule has 0 aliphatic carbocycles. The summed E-state index contributed by atoms with van der Waals surface area (Å²) >= 11 is 3.46. The lowest BCUT2D eigenvalue weighted by Crippen LogP contribution is -2.33. The van der Waals surface area contributed by atoms with E-state index >= 15 is 0 Å². The van der Waals surface area contributed by atoms with Gasteiger partial charge in [-0.3, -0.25) is 0 Å². The lowest BCUT2D eigenvalue weighted by atomic mass is 10.0. The minimum absolute atomic E-state index is 0.228. The van der Waals surface area contributed by atoms with Gasteiger partial charge in [-0.25, -0.2) is 0 Å². The van der Waals surface area contributed by atoms with Crippen LogP contribution in [0.4, 0.5) is 0 Å². The summed E-state index contributed by atoms with van der Waals surface area (Å²) < 4.78 is 6.92. The van der Waals surface area contributed by atoms with Gasteiger partial charge in [-0.05, 0) is 41.7 Å². The van der Waals surface area contributed by atoms with Crippen molar-refractivity contribution in [1.82, 2.24) is 5.32 Å². The highest BCUT2D eigenvalue weighted by molar-refractivity contribution is 9.10. The normalized spacial score (nSPS) is 13.7. The SMILES string of the molecule is CCC(NCC(O)COc1ccccc1C(C)C)c1ccc(Br)cc1. The van der Waals surface area contributed by atoms with Crippen LogP contribution < -0.4 is 10.1 Å². The fourth-order valence-corrected chi connectivity index (χ4v) is 3.07. The summed E-state index contributed by atoms with van der Waals surface area (Å²) in [5, 5.41) is 13.7. The Bertz CT molecular complexity index is 643. The number of aliphatic hydroxyl groups excluding tert-OH is 1. The summed E-state index contributed by atoms with van der Waals surface area (Å²) in [6.07, 6.45) is 0.412. The molecule has 2 aromatic rings. The lowest BCUT2D eigenvalue weighted by molar-refractivity contribution is 0.103. The van der Waals surface area contributed by atoms with E-state index in [0.29, 0.717) is 12.5 Å². The Balaban J connectivity index is 1.85. The highest BCUT2D eigenvalue weighted by Gasteiger charge is 2.13. The zero-order chi connectivity index (χ0) is 18.2. The first-order valence-corrected chi connectivity index (χ1v) is 9.69. The zero-order valence-electron chi connectivity index (χ0n) is 15.2. The van der Waals surface area contributed by atoms with Crippen molar-refractivity contribution in [3.8, 4) is 5.75 Å². The molecule has 0 aliphatic rings. The summed E-state index contributed by atoms with van der Waals surface area (Å²) in [4.78, 5) is 0. The Hall–Kier alpha value is -1.36. The van der Waals surface area contributed by atoms with Crippen molar-refractivity contribution in [2.75, 3.05) is 13.2 Å². The van der Waals surface area contributed by atoms with Crippen molar-refractivity contribution in [2.24, 2.45) is 0 Å². The van der Waals surface area contributed by atoms with E-state index in [4.69, 9.17) is 4.74 Å². The summed E-state index contributed by atoms with van der Waals surface area (Å²) in [6, 6.07) is 16.5. The van der Waals surface area contributed by atoms with Crippen LogP contribution in [0, 0.1) is 0 Å². The van der Waals surface area contributed by atoms with Crippen LogP contribution in [0.2, 0.25) is 0 Å². The van der Waals surface area contributed by atoms with Crippen LogP contribution in [0.15, 0.2) is 53.0 Å². The third-order valence-electron chi connectivity index (χ3n) is 4.25. The molecule has 2 aromatic carbocycles. The standard InChI is InChI=1S/C21H28BrNO2/c1-4-20(16-9-11-17(22)12-10-16)23-13-18(24)14-25-21-8-6-5-7-19(21)15(2)3/h5-12,15,18,20,23-24H,4,13-14H2,1-3H3. The third kappa shape index (κ3) is 6.14. The second kappa shape index (κ2) is 9.95. The number of aliphatic hydroxyl groups is 1. The van der Waals surface area contributed by atoms with E-state index in [1.807, 2.05) is 30.3 Å². The second-order valence-corrected chi connectivity index (χ2v) is 7.49. The summed E-state index contributed by atoms with van der Waals surface area (Å²) in [5.41, 5.74) is 2.40. The van der Waals surface area contributed by atoms with Gasteiger partial charge in [0.1, 0.15) is 18.5 Å². The molecule has 0 amide bonds. The molecule has 0 saturated heterocycles. The van der Waals surface area contributed by atoms with Gasteiger partial charge in [0.05, 0.1) is 0 Å². The number of para-hydroxylation sites is 1. The minimum atomic E-state index is -0.551. The van der Waals surface area contributed by atoms with Gasteiger partial charge < -0.3 is 15.2 Å². The van der Waals surface area contributed by atoms with E-state index < -0.39 is 6.10 Å². The summed E-state index contributed by atoms with van der Waals surface area (Å²) in [6.45, 7) is 7.21. The van der Waals surface area contributed by atoms with Crippen LogP contribution >= 0.6 is 15.9 Å². The number of ether oxygens (including phenoxy) is 1. The maximum absolute atomic E-state index is 10.3. The van der Waals surface area contributed by atoms with E-state index in [9.17, 15) is 5.11 Å². The minimum Gasteiger partial charge on any atom is -0.491 e. The van der Waals surface area contributed by atoms with Crippen LogP contribution in [0.5, 0.6) is 5.75 Å². The number of halogens is 1. The first kappa shape index (κ1) is 20.0. The van der Waals surface area contributed by atoms with Gasteiger partial charge in [-0.15, -0.1) is 0 Å². The quantitative estimate of drug-likeness (QED) is 0.612. The number of hydrogen-bond acceptors (Lipinski definition) is 3. The Morgan fingerprint density at radius 2 is 1.76 bits per heavy atom. The molecule has 2 N–H and O–H groups in total. The Kier molecular flexibility index (Phi) is 7.94. The van der Waals surface area contributed by atoms with Crippen LogP contribution in [0.3, 0.4) is 0 Å². The highest BCUT2D eigenvalue weighted by atomic mass is 79.9. The van der Waals surface area contributed by atoms with Crippen LogP contribution in [0.25, 0.3) is 0 Å². The summed E-state index contributed by atoms with van der Waals surface area (Å²) in [7, 11) is 0. The average molecular weight is 406 g/mol. The Morgan fingerprint density at radius 1 is 1.08 bits per heavy atom. The first-order chi connectivity index (χ1) is 12.0. The molecule has 0 fully saturated rings. The van der Waals surface area contributed by atoms with E-state index in [1.165, 1.54) is 11.1 Å². The molecule has 0 saturated carbocycles. The van der Waals surface area contributed by atoms with Crippen molar-refractivity contribution in [3.63, 3.8) is 0 Å². The molecule has 0 spiro atoms. The van der Waals surface area contributed by atoms with E-state index in [2.05, 4.69) is 60.2 Å². The molecular weight excluding hydrogens is 378 g/mol. The zero-order valence-corrected chi connectivity index (χ0v) is 16.8. The molecule has 2 unspecified atom stereocenters.